The normalized spacial score (nSPS) is 21.9. The molecule has 1 amide bonds. The highest BCUT2D eigenvalue weighted by atomic mass is 16.2. The maximum atomic E-state index is 12.6. The standard InChI is InChI=1S/C20H28N4O2/c1-14-18(10-16(11-21)19(25)22-14)20(26)23-17-8-5-9-24(13-17)12-15-6-3-2-4-7-15/h10,15,17H,2-9,12-13H2,1H3,(H,22,25)(H,23,26)/t17-/m1/s1. The van der Waals surface area contributed by atoms with Crippen molar-refractivity contribution in [2.45, 2.75) is 57.9 Å². The van der Waals surface area contributed by atoms with E-state index in [0.717, 1.165) is 38.4 Å². The number of carbonyl (C=O) groups is 1. The van der Waals surface area contributed by atoms with Crippen LogP contribution in [0.25, 0.3) is 0 Å². The molecule has 0 unspecified atom stereocenters. The zero-order valence-corrected chi connectivity index (χ0v) is 15.5. The summed E-state index contributed by atoms with van der Waals surface area (Å²) >= 11 is 0. The number of nitriles is 1. The first-order valence-electron chi connectivity index (χ1n) is 9.74. The van der Waals surface area contributed by atoms with Gasteiger partial charge in [0.05, 0.1) is 5.56 Å². The number of hydrogen-bond acceptors (Lipinski definition) is 4. The van der Waals surface area contributed by atoms with Gasteiger partial charge in [0.1, 0.15) is 11.6 Å². The van der Waals surface area contributed by atoms with Gasteiger partial charge in [-0.3, -0.25) is 9.59 Å². The number of aromatic nitrogens is 1. The van der Waals surface area contributed by atoms with Crippen LogP contribution in [0.3, 0.4) is 0 Å². The van der Waals surface area contributed by atoms with Crippen molar-refractivity contribution in [2.24, 2.45) is 5.92 Å². The fourth-order valence-corrected chi connectivity index (χ4v) is 4.28. The summed E-state index contributed by atoms with van der Waals surface area (Å²) in [6, 6.07) is 3.36. The first kappa shape index (κ1) is 18.7. The molecule has 2 fully saturated rings. The Morgan fingerprint density at radius 2 is 2.08 bits per heavy atom. The Labute approximate surface area is 154 Å². The van der Waals surface area contributed by atoms with Gasteiger partial charge in [-0.2, -0.15) is 5.26 Å². The molecule has 0 bridgehead atoms. The van der Waals surface area contributed by atoms with Crippen LogP contribution < -0.4 is 10.9 Å². The fourth-order valence-electron chi connectivity index (χ4n) is 4.28. The van der Waals surface area contributed by atoms with Crippen LogP contribution in [0.5, 0.6) is 0 Å². The second kappa shape index (κ2) is 8.50. The summed E-state index contributed by atoms with van der Waals surface area (Å²) in [5.74, 6) is 0.595. The Morgan fingerprint density at radius 3 is 2.81 bits per heavy atom. The number of likely N-dealkylation sites (tertiary alicyclic amines) is 1. The molecule has 2 N–H and O–H groups in total. The van der Waals surface area contributed by atoms with Crippen molar-refractivity contribution in [1.82, 2.24) is 15.2 Å². The summed E-state index contributed by atoms with van der Waals surface area (Å²) in [5, 5.41) is 12.1. The predicted octanol–water partition coefficient (Wildman–Crippen LogP) is 2.33. The maximum Gasteiger partial charge on any atom is 0.266 e. The van der Waals surface area contributed by atoms with Crippen LogP contribution in [0, 0.1) is 24.2 Å². The van der Waals surface area contributed by atoms with Gasteiger partial charge >= 0.3 is 0 Å². The molecule has 26 heavy (non-hydrogen) atoms. The summed E-state index contributed by atoms with van der Waals surface area (Å²) in [4.78, 5) is 29.4. The third kappa shape index (κ3) is 4.53. The van der Waals surface area contributed by atoms with Gasteiger partial charge in [-0.25, -0.2) is 0 Å². The van der Waals surface area contributed by atoms with Crippen LogP contribution >= 0.6 is 0 Å². The molecular formula is C20H28N4O2. The lowest BCUT2D eigenvalue weighted by Gasteiger charge is -2.36. The monoisotopic (exact) mass is 356 g/mol. The van der Waals surface area contributed by atoms with Crippen molar-refractivity contribution in [1.29, 1.82) is 5.26 Å². The average Bonchev–Trinajstić information content (AvgIpc) is 2.63. The SMILES string of the molecule is Cc1[nH]c(=O)c(C#N)cc1C(=O)N[C@@H]1CCCN(CC2CCCCC2)C1. The first-order valence-corrected chi connectivity index (χ1v) is 9.74. The van der Waals surface area contributed by atoms with Crippen LogP contribution in [0.2, 0.25) is 0 Å². The number of amides is 1. The van der Waals surface area contributed by atoms with Crippen LogP contribution in [-0.4, -0.2) is 41.5 Å². The van der Waals surface area contributed by atoms with Crippen LogP contribution in [0.1, 0.15) is 66.6 Å². The Bertz CT molecular complexity index is 743. The molecule has 2 heterocycles. The van der Waals surface area contributed by atoms with Crippen LogP contribution in [-0.2, 0) is 0 Å². The molecular weight excluding hydrogens is 328 g/mol. The number of aromatic amines is 1. The summed E-state index contributed by atoms with van der Waals surface area (Å²) in [6.07, 6.45) is 8.81. The second-order valence-electron chi connectivity index (χ2n) is 7.74. The van der Waals surface area contributed by atoms with Crippen LogP contribution in [0.15, 0.2) is 10.9 Å². The number of rotatable bonds is 4. The number of nitrogens with one attached hydrogen (secondary N) is 2. The highest BCUT2D eigenvalue weighted by Gasteiger charge is 2.25. The van der Waals surface area contributed by atoms with Crippen molar-refractivity contribution in [3.63, 3.8) is 0 Å². The van der Waals surface area contributed by atoms with Crippen LogP contribution in [0.4, 0.5) is 0 Å². The topological polar surface area (TPSA) is 89.0 Å². The maximum absolute atomic E-state index is 12.6. The summed E-state index contributed by atoms with van der Waals surface area (Å²) in [5.41, 5.74) is 0.410. The Hall–Kier alpha value is -2.13. The van der Waals surface area contributed by atoms with E-state index in [4.69, 9.17) is 5.26 Å². The Morgan fingerprint density at radius 1 is 1.31 bits per heavy atom. The molecule has 0 radical (unpaired) electrons. The van der Waals surface area contributed by atoms with Gasteiger partial charge in [-0.15, -0.1) is 0 Å². The predicted molar refractivity (Wildman–Crippen MR) is 100 cm³/mol. The van der Waals surface area contributed by atoms with Gasteiger partial charge in [0.15, 0.2) is 0 Å². The second-order valence-corrected chi connectivity index (χ2v) is 7.74. The summed E-state index contributed by atoms with van der Waals surface area (Å²) < 4.78 is 0. The molecule has 1 aromatic rings. The quantitative estimate of drug-likeness (QED) is 0.866. The van der Waals surface area contributed by atoms with E-state index in [-0.39, 0.29) is 17.5 Å². The molecule has 6 nitrogen and oxygen atoms in total. The summed E-state index contributed by atoms with van der Waals surface area (Å²) in [7, 11) is 0. The van der Waals surface area contributed by atoms with E-state index in [1.54, 1.807) is 6.92 Å². The van der Waals surface area contributed by atoms with E-state index in [1.165, 1.54) is 38.2 Å². The third-order valence-electron chi connectivity index (χ3n) is 5.69. The van der Waals surface area contributed by atoms with Gasteiger partial charge < -0.3 is 15.2 Å². The molecule has 1 aromatic heterocycles. The van der Waals surface area contributed by atoms with Gasteiger partial charge in [-0.1, -0.05) is 19.3 Å². The molecule has 1 aliphatic heterocycles. The zero-order chi connectivity index (χ0) is 18.5. The van der Waals surface area contributed by atoms with E-state index in [9.17, 15) is 9.59 Å². The number of pyridine rings is 1. The average molecular weight is 356 g/mol. The molecule has 6 heteroatoms. The fraction of sp³-hybridized carbons (Fsp3) is 0.650. The van der Waals surface area contributed by atoms with E-state index in [2.05, 4.69) is 15.2 Å². The Balaban J connectivity index is 1.60. The number of hydrogen-bond donors (Lipinski definition) is 2. The smallest absolute Gasteiger partial charge is 0.266 e. The van der Waals surface area contributed by atoms with E-state index >= 15 is 0 Å². The van der Waals surface area contributed by atoms with E-state index in [0.29, 0.717) is 11.3 Å². The van der Waals surface area contributed by atoms with E-state index in [1.807, 2.05) is 6.07 Å². The molecule has 0 spiro atoms. The molecule has 0 aromatic carbocycles. The van der Waals surface area contributed by atoms with Crippen molar-refractivity contribution in [2.75, 3.05) is 19.6 Å². The highest BCUT2D eigenvalue weighted by molar-refractivity contribution is 5.95. The van der Waals surface area contributed by atoms with Gasteiger partial charge in [-0.05, 0) is 51.1 Å². The summed E-state index contributed by atoms with van der Waals surface area (Å²) in [6.45, 7) is 4.82. The number of H-pyrrole nitrogens is 1. The lowest BCUT2D eigenvalue weighted by molar-refractivity contribution is 0.0889. The number of carbonyl (C=O) groups excluding carboxylic acids is 1. The van der Waals surface area contributed by atoms with Crippen molar-refractivity contribution < 1.29 is 4.79 Å². The van der Waals surface area contributed by atoms with Crippen molar-refractivity contribution in [3.8, 4) is 6.07 Å². The highest BCUT2D eigenvalue weighted by Crippen LogP contribution is 2.25. The number of aryl methyl sites for hydroxylation is 1. The molecule has 1 atom stereocenters. The molecule has 140 valence electrons. The lowest BCUT2D eigenvalue weighted by atomic mass is 9.88. The van der Waals surface area contributed by atoms with E-state index < -0.39 is 5.56 Å². The van der Waals surface area contributed by atoms with Crippen molar-refractivity contribution in [3.05, 3.63) is 33.2 Å². The lowest BCUT2D eigenvalue weighted by Crippen LogP contribution is -2.49. The van der Waals surface area contributed by atoms with Gasteiger partial charge in [0.2, 0.25) is 0 Å². The van der Waals surface area contributed by atoms with Gasteiger partial charge in [0.25, 0.3) is 11.5 Å². The largest absolute Gasteiger partial charge is 0.348 e. The minimum Gasteiger partial charge on any atom is -0.348 e. The molecule has 3 rings (SSSR count). The zero-order valence-electron chi connectivity index (χ0n) is 15.5. The number of nitrogens with zero attached hydrogens (tertiary/aromatic N) is 2. The Kier molecular flexibility index (Phi) is 6.10. The minimum absolute atomic E-state index is 0.0247. The molecule has 1 aliphatic carbocycles. The number of piperidine rings is 1. The molecule has 1 saturated heterocycles. The van der Waals surface area contributed by atoms with Crippen molar-refractivity contribution >= 4 is 5.91 Å². The molecule has 2 aliphatic rings. The first-order chi connectivity index (χ1) is 12.6. The molecule has 1 saturated carbocycles. The third-order valence-corrected chi connectivity index (χ3v) is 5.69. The van der Waals surface area contributed by atoms with Gasteiger partial charge in [0, 0.05) is 24.8 Å². The minimum atomic E-state index is -0.446.